The van der Waals surface area contributed by atoms with E-state index in [-0.39, 0.29) is 40.7 Å². The quantitative estimate of drug-likeness (QED) is 0.0792. The van der Waals surface area contributed by atoms with Crippen molar-refractivity contribution in [2.45, 2.75) is 41.9 Å². The summed E-state index contributed by atoms with van der Waals surface area (Å²) in [4.78, 5) is 60.9. The van der Waals surface area contributed by atoms with Crippen molar-refractivity contribution in [3.8, 4) is 0 Å². The monoisotopic (exact) mass is 607 g/mol. The number of anilines is 1. The largest absolute Gasteiger partial charge is 0.481 e. The van der Waals surface area contributed by atoms with E-state index in [1.807, 2.05) is 12.2 Å². The van der Waals surface area contributed by atoms with Crippen molar-refractivity contribution in [2.75, 3.05) is 23.4 Å². The van der Waals surface area contributed by atoms with Gasteiger partial charge in [0.15, 0.2) is 10.8 Å². The van der Waals surface area contributed by atoms with E-state index >= 15 is 0 Å². The molecule has 18 heteroatoms. The van der Waals surface area contributed by atoms with Crippen molar-refractivity contribution in [1.82, 2.24) is 35.4 Å². The van der Waals surface area contributed by atoms with Crippen LogP contribution in [0.1, 0.15) is 25.0 Å². The number of fused-ring (bicyclic) bond motifs is 1. The zero-order valence-corrected chi connectivity index (χ0v) is 23.6. The van der Waals surface area contributed by atoms with Crippen LogP contribution in [-0.2, 0) is 31.1 Å². The lowest BCUT2D eigenvalue weighted by molar-refractivity contribution is -0.157. The zero-order chi connectivity index (χ0) is 28.3. The molecule has 2 aromatic heterocycles. The molecule has 3 amide bonds. The summed E-state index contributed by atoms with van der Waals surface area (Å²) < 4.78 is 1.45. The smallest absolute Gasteiger partial charge is 0.313 e. The van der Waals surface area contributed by atoms with Crippen molar-refractivity contribution >= 4 is 69.9 Å². The highest BCUT2D eigenvalue weighted by Crippen LogP contribution is 2.44. The number of carbonyl (C=O) groups is 4. The number of carboxylic acids is 1. The van der Waals surface area contributed by atoms with Gasteiger partial charge in [-0.1, -0.05) is 23.0 Å². The maximum absolute atomic E-state index is 13.3. The third-order valence-electron chi connectivity index (χ3n) is 6.58. The molecule has 0 bridgehead atoms. The first-order valence-corrected chi connectivity index (χ1v) is 15.1. The number of nitrogens with one attached hydrogen (secondary N) is 2. The summed E-state index contributed by atoms with van der Waals surface area (Å²) in [5, 5.41) is 32.4. The predicted molar refractivity (Wildman–Crippen MR) is 146 cm³/mol. The molecule has 2 saturated heterocycles. The van der Waals surface area contributed by atoms with Gasteiger partial charge in [-0.15, -0.1) is 28.2 Å². The number of thioether (sulfide) groups is 2. The molecule has 3 N–H and O–H groups in total. The third kappa shape index (κ3) is 5.68. The molecule has 4 heterocycles. The van der Waals surface area contributed by atoms with Crippen LogP contribution in [0.4, 0.5) is 5.13 Å². The number of carbonyl (C=O) groups excluding carboxylic acids is 3. The molecule has 40 heavy (non-hydrogen) atoms. The number of β-lactam (4-membered cyclic amide) rings is 1. The van der Waals surface area contributed by atoms with Crippen molar-refractivity contribution in [1.29, 1.82) is 0 Å². The minimum atomic E-state index is -1.21. The van der Waals surface area contributed by atoms with Crippen molar-refractivity contribution in [3.63, 3.8) is 0 Å². The number of oxime groups is 1. The molecule has 5 rings (SSSR count). The molecular formula is C22H25N9O6S3. The minimum absolute atomic E-state index is 0.00559. The topological polar surface area (TPSA) is 194 Å². The Bertz CT molecular complexity index is 1360. The van der Waals surface area contributed by atoms with E-state index in [2.05, 4.69) is 36.3 Å². The number of hydrogen-bond acceptors (Lipinski definition) is 13. The molecule has 212 valence electrons. The van der Waals surface area contributed by atoms with Crippen molar-refractivity contribution < 1.29 is 29.1 Å². The number of aromatic nitrogens is 5. The number of tetrazole rings is 1. The zero-order valence-electron chi connectivity index (χ0n) is 21.1. The number of carboxylic acid groups (broad SMARTS) is 1. The number of allylic oxidation sites excluding steroid dienone is 1. The number of amides is 3. The van der Waals surface area contributed by atoms with E-state index in [4.69, 9.17) is 4.84 Å². The molecular weight excluding hydrogens is 583 g/mol. The summed E-state index contributed by atoms with van der Waals surface area (Å²) >= 11 is 3.61. The van der Waals surface area contributed by atoms with Crippen LogP contribution < -0.4 is 10.6 Å². The number of aliphatic carboxylic acids is 1. The average Bonchev–Trinajstić information content (AvgIpc) is 3.59. The number of hydrogen-bond donors (Lipinski definition) is 3. The van der Waals surface area contributed by atoms with Gasteiger partial charge in [-0.25, -0.2) is 9.67 Å². The molecule has 2 aromatic rings. The lowest BCUT2D eigenvalue weighted by atomic mass is 9.89. The molecule has 0 saturated carbocycles. The van der Waals surface area contributed by atoms with Gasteiger partial charge in [-0.05, 0) is 35.8 Å². The average molecular weight is 608 g/mol. The van der Waals surface area contributed by atoms with E-state index < -0.39 is 34.6 Å². The Kier molecular flexibility index (Phi) is 8.36. The second-order valence-electron chi connectivity index (χ2n) is 9.32. The highest BCUT2D eigenvalue weighted by atomic mass is 32.2. The van der Waals surface area contributed by atoms with Gasteiger partial charge in [0.25, 0.3) is 5.91 Å². The molecule has 2 aliphatic heterocycles. The Morgan fingerprint density at radius 3 is 2.98 bits per heavy atom. The van der Waals surface area contributed by atoms with Gasteiger partial charge in [-0.2, -0.15) is 0 Å². The first-order chi connectivity index (χ1) is 19.3. The van der Waals surface area contributed by atoms with Crippen LogP contribution in [0, 0.1) is 5.41 Å². The van der Waals surface area contributed by atoms with E-state index in [1.54, 1.807) is 12.4 Å². The molecule has 15 nitrogen and oxygen atoms in total. The lowest BCUT2D eigenvalue weighted by Gasteiger charge is -2.53. The van der Waals surface area contributed by atoms with Crippen LogP contribution in [0.25, 0.3) is 0 Å². The fraction of sp³-hybridized carbons (Fsp3) is 0.500. The molecule has 4 atom stereocenters. The maximum Gasteiger partial charge on any atom is 0.313 e. The van der Waals surface area contributed by atoms with Crippen LogP contribution >= 0.6 is 34.9 Å². The number of aryl methyl sites for hydroxylation is 1. The number of rotatable bonds is 11. The number of nitrogens with zero attached hydrogens (tertiary/aromatic N) is 7. The van der Waals surface area contributed by atoms with Gasteiger partial charge < -0.3 is 25.5 Å². The molecule has 3 unspecified atom stereocenters. The molecule has 0 radical (unpaired) electrons. The Balaban J connectivity index is 1.27. The van der Waals surface area contributed by atoms with Crippen LogP contribution in [0.2, 0.25) is 0 Å². The summed E-state index contributed by atoms with van der Waals surface area (Å²) in [6, 6.07) is -0.870. The van der Waals surface area contributed by atoms with E-state index in [0.717, 1.165) is 30.6 Å². The second kappa shape index (κ2) is 11.9. The third-order valence-corrected chi connectivity index (χ3v) is 10.2. The Hall–Kier alpha value is -3.51. The summed E-state index contributed by atoms with van der Waals surface area (Å²) in [6.07, 6.45) is 6.67. The van der Waals surface area contributed by atoms with Crippen molar-refractivity contribution in [2.24, 2.45) is 17.6 Å². The highest BCUT2D eigenvalue weighted by molar-refractivity contribution is 8.00. The van der Waals surface area contributed by atoms with Crippen LogP contribution in [-0.4, -0.2) is 101 Å². The van der Waals surface area contributed by atoms with Gasteiger partial charge in [0.2, 0.25) is 17.5 Å². The molecule has 3 aliphatic rings. The minimum Gasteiger partial charge on any atom is -0.481 e. The number of thiazole rings is 1. The van der Waals surface area contributed by atoms with E-state index in [0.29, 0.717) is 11.6 Å². The predicted octanol–water partition coefficient (Wildman–Crippen LogP) is 0.328. The standard InChI is InChI=1S/C22H25N9O6S3/c1-30-21(26-28-29-30)40-10-22(19(35)36)8-31-17(34)15(18(31)39-9-22)25-16(33)14(13-7-38-20(24-13)23-11-32)27-37-12-5-3-2-4-6-12/h3,5,7,11-12,15,18H,2,4,6,8-10H2,1H3,(H,25,33)(H,35,36)(H,23,24,32)/t12?,15?,18-,22?/m1/s1. The van der Waals surface area contributed by atoms with Crippen LogP contribution in [0.15, 0.2) is 27.8 Å². The highest BCUT2D eigenvalue weighted by Gasteiger charge is 2.57. The van der Waals surface area contributed by atoms with Gasteiger partial charge in [-0.3, -0.25) is 19.2 Å². The molecule has 0 spiro atoms. The fourth-order valence-corrected chi connectivity index (χ4v) is 7.72. The van der Waals surface area contributed by atoms with Gasteiger partial charge >= 0.3 is 5.97 Å². The van der Waals surface area contributed by atoms with Crippen LogP contribution in [0.5, 0.6) is 0 Å². The van der Waals surface area contributed by atoms with Gasteiger partial charge in [0, 0.05) is 30.5 Å². The first-order valence-electron chi connectivity index (χ1n) is 12.2. The normalized spacial score (nSPS) is 26.0. The van der Waals surface area contributed by atoms with Gasteiger partial charge in [0.1, 0.15) is 28.6 Å². The summed E-state index contributed by atoms with van der Waals surface area (Å²) in [5.74, 6) is -1.68. The maximum atomic E-state index is 13.3. The molecule has 2 fully saturated rings. The van der Waals surface area contributed by atoms with Crippen LogP contribution in [0.3, 0.4) is 0 Å². The summed E-state index contributed by atoms with van der Waals surface area (Å²) in [6.45, 7) is -0.00559. The Morgan fingerprint density at radius 2 is 2.27 bits per heavy atom. The lowest BCUT2D eigenvalue weighted by Crippen LogP contribution is -2.74. The first kappa shape index (κ1) is 28.0. The summed E-state index contributed by atoms with van der Waals surface area (Å²) in [5.41, 5.74) is -1.15. The Morgan fingerprint density at radius 1 is 1.43 bits per heavy atom. The van der Waals surface area contributed by atoms with Gasteiger partial charge in [0.05, 0.1) is 0 Å². The second-order valence-corrected chi connectivity index (χ2v) is 12.2. The van der Waals surface area contributed by atoms with Crippen molar-refractivity contribution in [3.05, 3.63) is 23.2 Å². The van der Waals surface area contributed by atoms with E-state index in [9.17, 15) is 24.3 Å². The fourth-order valence-electron chi connectivity index (χ4n) is 4.35. The SMILES string of the molecule is Cn1nnnc1SCC1(C(=O)O)CS[C@@H]2C(NC(=O)C(=NOC3C=CCCC3)c3csc(NC=O)n3)C(=O)N2C1. The molecule has 0 aromatic carbocycles. The van der Waals surface area contributed by atoms with E-state index in [1.165, 1.54) is 33.1 Å². The molecule has 1 aliphatic carbocycles. The Labute approximate surface area is 240 Å². The summed E-state index contributed by atoms with van der Waals surface area (Å²) in [7, 11) is 1.66.